The van der Waals surface area contributed by atoms with Gasteiger partial charge < -0.3 is 15.4 Å². The van der Waals surface area contributed by atoms with Crippen LogP contribution in [0.15, 0.2) is 0 Å². The molecular formula is C11H19N3O2. The minimum atomic E-state index is -0.0866. The molecule has 1 aliphatic rings. The van der Waals surface area contributed by atoms with Gasteiger partial charge in [0.15, 0.2) is 0 Å². The molecule has 0 aromatic heterocycles. The van der Waals surface area contributed by atoms with Gasteiger partial charge in [-0.2, -0.15) is 5.26 Å². The van der Waals surface area contributed by atoms with E-state index >= 15 is 0 Å². The fourth-order valence-corrected chi connectivity index (χ4v) is 1.60. The third-order valence-electron chi connectivity index (χ3n) is 2.52. The smallest absolute Gasteiger partial charge is 0.246 e. The minimum Gasteiger partial charge on any atom is -0.368 e. The van der Waals surface area contributed by atoms with Crippen LogP contribution in [-0.4, -0.2) is 38.3 Å². The van der Waals surface area contributed by atoms with Crippen molar-refractivity contribution in [2.75, 3.05) is 26.2 Å². The molecule has 90 valence electrons. The molecule has 0 spiro atoms. The van der Waals surface area contributed by atoms with Crippen LogP contribution in [0, 0.1) is 11.3 Å². The first-order chi connectivity index (χ1) is 7.83. The Labute approximate surface area is 96.2 Å². The summed E-state index contributed by atoms with van der Waals surface area (Å²) in [5, 5.41) is 14.3. The lowest BCUT2D eigenvalue weighted by Gasteiger charge is -2.22. The molecule has 0 atom stereocenters. The summed E-state index contributed by atoms with van der Waals surface area (Å²) >= 11 is 0. The number of piperidine rings is 1. The Morgan fingerprint density at radius 1 is 1.50 bits per heavy atom. The van der Waals surface area contributed by atoms with Crippen molar-refractivity contribution in [1.29, 1.82) is 5.26 Å². The van der Waals surface area contributed by atoms with Crippen molar-refractivity contribution in [3.63, 3.8) is 0 Å². The molecule has 0 aromatic rings. The summed E-state index contributed by atoms with van der Waals surface area (Å²) in [6.45, 7) is 2.63. The first kappa shape index (κ1) is 12.9. The molecule has 1 amide bonds. The maximum atomic E-state index is 11.3. The third-order valence-corrected chi connectivity index (χ3v) is 2.52. The first-order valence-electron chi connectivity index (χ1n) is 5.79. The molecule has 0 saturated carbocycles. The summed E-state index contributed by atoms with van der Waals surface area (Å²) in [4.78, 5) is 11.3. The standard InChI is InChI=1S/C11H19N3O2/c12-5-1-2-6-14-11(15)9-16-10-3-7-13-8-4-10/h10,13H,1-4,6-9H2,(H,14,15). The zero-order valence-corrected chi connectivity index (χ0v) is 9.50. The highest BCUT2D eigenvalue weighted by Gasteiger charge is 2.14. The molecule has 2 N–H and O–H groups in total. The molecule has 0 unspecified atom stereocenters. The van der Waals surface area contributed by atoms with Crippen molar-refractivity contribution in [2.24, 2.45) is 0 Å². The van der Waals surface area contributed by atoms with E-state index in [0.29, 0.717) is 19.4 Å². The Hall–Kier alpha value is -1.12. The molecule has 1 heterocycles. The molecule has 0 aromatic carbocycles. The Morgan fingerprint density at radius 2 is 2.25 bits per heavy atom. The third kappa shape index (κ3) is 5.69. The number of ether oxygens (including phenoxy) is 1. The van der Waals surface area contributed by atoms with Gasteiger partial charge in [-0.3, -0.25) is 4.79 Å². The number of nitriles is 1. The average molecular weight is 225 g/mol. The lowest BCUT2D eigenvalue weighted by atomic mass is 10.1. The fourth-order valence-electron chi connectivity index (χ4n) is 1.60. The molecular weight excluding hydrogens is 206 g/mol. The molecule has 5 nitrogen and oxygen atoms in total. The summed E-state index contributed by atoms with van der Waals surface area (Å²) in [7, 11) is 0. The average Bonchev–Trinajstić information content (AvgIpc) is 2.33. The van der Waals surface area contributed by atoms with Gasteiger partial charge >= 0.3 is 0 Å². The predicted molar refractivity (Wildman–Crippen MR) is 59.7 cm³/mol. The monoisotopic (exact) mass is 225 g/mol. The number of carbonyl (C=O) groups is 1. The van der Waals surface area contributed by atoms with Crippen molar-refractivity contribution in [2.45, 2.75) is 31.8 Å². The topological polar surface area (TPSA) is 74.2 Å². The van der Waals surface area contributed by atoms with Crippen LogP contribution in [-0.2, 0) is 9.53 Å². The van der Waals surface area contributed by atoms with Gasteiger partial charge in [0.1, 0.15) is 6.61 Å². The van der Waals surface area contributed by atoms with Gasteiger partial charge in [-0.15, -0.1) is 0 Å². The van der Waals surface area contributed by atoms with Crippen LogP contribution in [0.25, 0.3) is 0 Å². The Balaban J connectivity index is 1.99. The highest BCUT2D eigenvalue weighted by atomic mass is 16.5. The Bertz CT molecular complexity index is 244. The van der Waals surface area contributed by atoms with Crippen molar-refractivity contribution >= 4 is 5.91 Å². The largest absolute Gasteiger partial charge is 0.368 e. The van der Waals surface area contributed by atoms with Gasteiger partial charge in [0, 0.05) is 13.0 Å². The molecule has 0 bridgehead atoms. The van der Waals surface area contributed by atoms with Crippen LogP contribution in [0.3, 0.4) is 0 Å². The quantitative estimate of drug-likeness (QED) is 0.632. The summed E-state index contributed by atoms with van der Waals surface area (Å²) in [5.74, 6) is -0.0866. The molecule has 0 radical (unpaired) electrons. The van der Waals surface area contributed by atoms with E-state index in [4.69, 9.17) is 10.00 Å². The molecule has 5 heteroatoms. The van der Waals surface area contributed by atoms with E-state index in [9.17, 15) is 4.79 Å². The van der Waals surface area contributed by atoms with Crippen molar-refractivity contribution in [3.8, 4) is 6.07 Å². The summed E-state index contributed by atoms with van der Waals surface area (Å²) in [5.41, 5.74) is 0. The zero-order chi connectivity index (χ0) is 11.6. The number of nitrogens with zero attached hydrogens (tertiary/aromatic N) is 1. The van der Waals surface area contributed by atoms with Gasteiger partial charge in [-0.1, -0.05) is 0 Å². The molecule has 1 saturated heterocycles. The molecule has 16 heavy (non-hydrogen) atoms. The summed E-state index contributed by atoms with van der Waals surface area (Å²) in [6, 6.07) is 2.04. The minimum absolute atomic E-state index is 0.0866. The molecule has 1 rings (SSSR count). The lowest BCUT2D eigenvalue weighted by Crippen LogP contribution is -2.36. The predicted octanol–water partition coefficient (Wildman–Crippen LogP) is 0.175. The van der Waals surface area contributed by atoms with Gasteiger partial charge in [-0.05, 0) is 32.4 Å². The summed E-state index contributed by atoms with van der Waals surface area (Å²) < 4.78 is 5.48. The SMILES string of the molecule is N#CCCCNC(=O)COC1CCNCC1. The lowest BCUT2D eigenvalue weighted by molar-refractivity contribution is -0.128. The van der Waals surface area contributed by atoms with E-state index in [1.165, 1.54) is 0 Å². The summed E-state index contributed by atoms with van der Waals surface area (Å²) in [6.07, 6.45) is 3.35. The van der Waals surface area contributed by atoms with Crippen molar-refractivity contribution in [3.05, 3.63) is 0 Å². The van der Waals surface area contributed by atoms with E-state index in [1.807, 2.05) is 6.07 Å². The molecule has 1 fully saturated rings. The number of amides is 1. The highest BCUT2D eigenvalue weighted by molar-refractivity contribution is 5.77. The van der Waals surface area contributed by atoms with Crippen LogP contribution in [0.4, 0.5) is 0 Å². The second kappa shape index (κ2) is 8.08. The van der Waals surface area contributed by atoms with Gasteiger partial charge in [0.2, 0.25) is 5.91 Å². The van der Waals surface area contributed by atoms with E-state index in [-0.39, 0.29) is 18.6 Å². The first-order valence-corrected chi connectivity index (χ1v) is 5.79. The van der Waals surface area contributed by atoms with Gasteiger partial charge in [0.25, 0.3) is 0 Å². The maximum Gasteiger partial charge on any atom is 0.246 e. The normalized spacial score (nSPS) is 16.7. The van der Waals surface area contributed by atoms with E-state index in [1.54, 1.807) is 0 Å². The van der Waals surface area contributed by atoms with Crippen LogP contribution < -0.4 is 10.6 Å². The van der Waals surface area contributed by atoms with E-state index in [0.717, 1.165) is 25.9 Å². The van der Waals surface area contributed by atoms with Crippen molar-refractivity contribution in [1.82, 2.24) is 10.6 Å². The van der Waals surface area contributed by atoms with Crippen LogP contribution in [0.1, 0.15) is 25.7 Å². The maximum absolute atomic E-state index is 11.3. The number of hydrogen-bond acceptors (Lipinski definition) is 4. The number of unbranched alkanes of at least 4 members (excludes halogenated alkanes) is 1. The van der Waals surface area contributed by atoms with Crippen LogP contribution >= 0.6 is 0 Å². The number of carbonyl (C=O) groups excluding carboxylic acids is 1. The van der Waals surface area contributed by atoms with Gasteiger partial charge in [-0.25, -0.2) is 0 Å². The highest BCUT2D eigenvalue weighted by Crippen LogP contribution is 2.06. The Kier molecular flexibility index (Phi) is 6.54. The number of hydrogen-bond donors (Lipinski definition) is 2. The fraction of sp³-hybridized carbons (Fsp3) is 0.818. The van der Waals surface area contributed by atoms with E-state index < -0.39 is 0 Å². The van der Waals surface area contributed by atoms with Gasteiger partial charge in [0.05, 0.1) is 12.2 Å². The second-order valence-electron chi connectivity index (χ2n) is 3.87. The van der Waals surface area contributed by atoms with Crippen LogP contribution in [0.2, 0.25) is 0 Å². The molecule has 1 aliphatic heterocycles. The number of rotatable bonds is 6. The second-order valence-corrected chi connectivity index (χ2v) is 3.87. The van der Waals surface area contributed by atoms with E-state index in [2.05, 4.69) is 10.6 Å². The van der Waals surface area contributed by atoms with Crippen molar-refractivity contribution < 1.29 is 9.53 Å². The zero-order valence-electron chi connectivity index (χ0n) is 9.50. The van der Waals surface area contributed by atoms with Crippen LogP contribution in [0.5, 0.6) is 0 Å². The Morgan fingerprint density at radius 3 is 2.94 bits per heavy atom. The number of nitrogens with one attached hydrogen (secondary N) is 2. The molecule has 0 aliphatic carbocycles.